The number of ketones is 2. The van der Waals surface area contributed by atoms with Gasteiger partial charge in [0.15, 0.2) is 11.6 Å². The molecule has 0 saturated carbocycles. The van der Waals surface area contributed by atoms with Crippen molar-refractivity contribution in [2.75, 3.05) is 0 Å². The molecule has 186 valence electrons. The molecule has 2 nitrogen and oxygen atoms in total. The molecule has 34 heavy (non-hydrogen) atoms. The highest BCUT2D eigenvalue weighted by Gasteiger charge is 2.27. The van der Waals surface area contributed by atoms with Crippen LogP contribution in [-0.4, -0.2) is 11.6 Å². The second kappa shape index (κ2) is 13.1. The highest BCUT2D eigenvalue weighted by molar-refractivity contribution is 9.11. The highest BCUT2D eigenvalue weighted by Crippen LogP contribution is 2.45. The van der Waals surface area contributed by atoms with Gasteiger partial charge in [-0.1, -0.05) is 79.1 Å². The van der Waals surface area contributed by atoms with Crippen molar-refractivity contribution in [3.63, 3.8) is 0 Å². The van der Waals surface area contributed by atoms with Crippen molar-refractivity contribution in [3.05, 3.63) is 30.8 Å². The van der Waals surface area contributed by atoms with Crippen LogP contribution in [0.2, 0.25) is 0 Å². The molecule has 2 unspecified atom stereocenters. The maximum atomic E-state index is 13.7. The molecular weight excluding hydrogens is 592 g/mol. The molecule has 0 aliphatic carbocycles. The Hall–Kier alpha value is -0.560. The number of carbonyl (C=O) groups is 2. The Morgan fingerprint density at radius 3 is 1.44 bits per heavy atom. The number of hydrogen-bond acceptors (Lipinski definition) is 4. The first-order chi connectivity index (χ1) is 16.3. The minimum atomic E-state index is 0.214. The third-order valence-corrected chi connectivity index (χ3v) is 10.3. The molecule has 0 aliphatic heterocycles. The van der Waals surface area contributed by atoms with E-state index in [1.807, 2.05) is 0 Å². The summed E-state index contributed by atoms with van der Waals surface area (Å²) in [6.07, 6.45) is 10.0. The number of carbonyl (C=O) groups excluding carboxylic acids is 2. The SMILES string of the molecule is CCCCC(CC)CC(=O)c1c2cc(Br)sc2c(C(=O)CC(CC)CCCC)c2cc(Br)sc12. The first-order valence-electron chi connectivity index (χ1n) is 12.7. The number of benzene rings is 1. The monoisotopic (exact) mass is 626 g/mol. The molecule has 0 radical (unpaired) electrons. The van der Waals surface area contributed by atoms with E-state index in [4.69, 9.17) is 0 Å². The van der Waals surface area contributed by atoms with Crippen LogP contribution in [0.15, 0.2) is 19.7 Å². The minimum absolute atomic E-state index is 0.214. The predicted molar refractivity (Wildman–Crippen MR) is 157 cm³/mol. The van der Waals surface area contributed by atoms with Crippen LogP contribution < -0.4 is 0 Å². The van der Waals surface area contributed by atoms with E-state index in [2.05, 4.69) is 71.7 Å². The summed E-state index contributed by atoms with van der Waals surface area (Å²) in [6.45, 7) is 8.78. The number of unbranched alkanes of at least 4 members (excludes halogenated alkanes) is 2. The summed E-state index contributed by atoms with van der Waals surface area (Å²) in [5.41, 5.74) is 1.62. The Morgan fingerprint density at radius 1 is 0.735 bits per heavy atom. The van der Waals surface area contributed by atoms with Crippen LogP contribution in [0.5, 0.6) is 0 Å². The van der Waals surface area contributed by atoms with Gasteiger partial charge in [0.25, 0.3) is 0 Å². The average molecular weight is 629 g/mol. The highest BCUT2D eigenvalue weighted by atomic mass is 79.9. The Bertz CT molecular complexity index is 1000. The van der Waals surface area contributed by atoms with Crippen molar-refractivity contribution >= 4 is 86.3 Å². The summed E-state index contributed by atoms with van der Waals surface area (Å²) in [4.78, 5) is 27.5. The zero-order valence-electron chi connectivity index (χ0n) is 20.8. The Labute approximate surface area is 229 Å². The number of rotatable bonds is 14. The number of hydrogen-bond donors (Lipinski definition) is 0. The van der Waals surface area contributed by atoms with Crippen LogP contribution in [0.3, 0.4) is 0 Å². The zero-order valence-corrected chi connectivity index (χ0v) is 25.6. The molecule has 3 rings (SSSR count). The molecule has 0 N–H and O–H groups in total. The fourth-order valence-electron chi connectivity index (χ4n) is 4.88. The molecule has 2 atom stereocenters. The van der Waals surface area contributed by atoms with Gasteiger partial charge in [-0.15, -0.1) is 22.7 Å². The lowest BCUT2D eigenvalue weighted by Gasteiger charge is -2.17. The van der Waals surface area contributed by atoms with Gasteiger partial charge in [0.2, 0.25) is 0 Å². The van der Waals surface area contributed by atoms with Crippen molar-refractivity contribution in [2.45, 2.75) is 91.9 Å². The van der Waals surface area contributed by atoms with Crippen LogP contribution in [-0.2, 0) is 0 Å². The van der Waals surface area contributed by atoms with Gasteiger partial charge in [0.05, 0.1) is 7.57 Å². The third-order valence-electron chi connectivity index (χ3n) is 6.99. The lowest BCUT2D eigenvalue weighted by Crippen LogP contribution is -2.12. The van der Waals surface area contributed by atoms with E-state index in [1.165, 1.54) is 0 Å². The van der Waals surface area contributed by atoms with Gasteiger partial charge in [0, 0.05) is 44.1 Å². The molecule has 0 amide bonds. The lowest BCUT2D eigenvalue weighted by molar-refractivity contribution is 0.0950. The van der Waals surface area contributed by atoms with Crippen LogP contribution in [0.25, 0.3) is 20.2 Å². The van der Waals surface area contributed by atoms with Crippen molar-refractivity contribution in [1.82, 2.24) is 0 Å². The van der Waals surface area contributed by atoms with Crippen molar-refractivity contribution in [3.8, 4) is 0 Å². The standard InChI is InChI=1S/C28H36Br2O2S2/c1-5-9-11-17(7-3)13-21(31)25-19-15-23(29)34-28(19)26(20-16-24(30)33-27(20)25)22(32)14-18(8-4)12-10-6-2/h15-18H,5-14H2,1-4H3. The summed E-state index contributed by atoms with van der Waals surface area (Å²) < 4.78 is 3.87. The molecule has 0 spiro atoms. The molecule has 2 heterocycles. The summed E-state index contributed by atoms with van der Waals surface area (Å²) >= 11 is 10.5. The summed E-state index contributed by atoms with van der Waals surface area (Å²) in [5, 5.41) is 1.89. The normalized spacial score (nSPS) is 13.6. The Morgan fingerprint density at radius 2 is 1.12 bits per heavy atom. The van der Waals surface area contributed by atoms with Crippen LogP contribution >= 0.6 is 54.5 Å². The molecule has 0 aliphatic rings. The molecule has 2 aromatic heterocycles. The van der Waals surface area contributed by atoms with Crippen LogP contribution in [0, 0.1) is 11.8 Å². The van der Waals surface area contributed by atoms with Gasteiger partial charge < -0.3 is 0 Å². The zero-order chi connectivity index (χ0) is 24.8. The summed E-state index contributed by atoms with van der Waals surface area (Å²) in [7, 11) is 0. The van der Waals surface area contributed by atoms with E-state index in [0.717, 1.165) is 90.2 Å². The molecule has 0 saturated heterocycles. The number of fused-ring (bicyclic) bond motifs is 2. The third kappa shape index (κ3) is 6.41. The maximum Gasteiger partial charge on any atom is 0.165 e. The minimum Gasteiger partial charge on any atom is -0.294 e. The molecule has 0 bridgehead atoms. The van der Waals surface area contributed by atoms with E-state index >= 15 is 0 Å². The van der Waals surface area contributed by atoms with Crippen molar-refractivity contribution in [1.29, 1.82) is 0 Å². The van der Waals surface area contributed by atoms with E-state index in [9.17, 15) is 9.59 Å². The van der Waals surface area contributed by atoms with Crippen LogP contribution in [0.1, 0.15) is 113 Å². The summed E-state index contributed by atoms with van der Waals surface area (Å²) in [5.74, 6) is 1.25. The van der Waals surface area contributed by atoms with Gasteiger partial charge in [0.1, 0.15) is 0 Å². The first-order valence-corrected chi connectivity index (χ1v) is 16.0. The second-order valence-electron chi connectivity index (χ2n) is 9.42. The Kier molecular flexibility index (Phi) is 10.8. The van der Waals surface area contributed by atoms with E-state index in [0.29, 0.717) is 24.7 Å². The average Bonchev–Trinajstić information content (AvgIpc) is 3.37. The molecule has 6 heteroatoms. The second-order valence-corrected chi connectivity index (χ2v) is 14.3. The predicted octanol–water partition coefficient (Wildman–Crippen LogP) is 11.2. The smallest absolute Gasteiger partial charge is 0.165 e. The van der Waals surface area contributed by atoms with Crippen LogP contribution in [0.4, 0.5) is 0 Å². The van der Waals surface area contributed by atoms with E-state index in [-0.39, 0.29) is 11.6 Å². The molecular formula is C28H36Br2O2S2. The largest absolute Gasteiger partial charge is 0.294 e. The quantitative estimate of drug-likeness (QED) is 0.167. The van der Waals surface area contributed by atoms with Crippen molar-refractivity contribution < 1.29 is 9.59 Å². The first kappa shape index (κ1) is 28.0. The molecule has 3 aromatic rings. The topological polar surface area (TPSA) is 34.1 Å². The number of thiophene rings is 2. The van der Waals surface area contributed by atoms with Gasteiger partial charge in [-0.3, -0.25) is 9.59 Å². The summed E-state index contributed by atoms with van der Waals surface area (Å²) in [6, 6.07) is 4.11. The fourth-order valence-corrected chi connectivity index (χ4v) is 8.24. The van der Waals surface area contributed by atoms with Gasteiger partial charge in [-0.25, -0.2) is 0 Å². The maximum absolute atomic E-state index is 13.7. The number of halogens is 2. The Balaban J connectivity index is 2.11. The van der Waals surface area contributed by atoms with Gasteiger partial charge in [-0.05, 0) is 55.8 Å². The lowest BCUT2D eigenvalue weighted by atomic mass is 9.87. The van der Waals surface area contributed by atoms with E-state index < -0.39 is 0 Å². The molecule has 1 aromatic carbocycles. The van der Waals surface area contributed by atoms with E-state index in [1.54, 1.807) is 22.7 Å². The number of Topliss-reactive ketones (excluding diaryl/α,β-unsaturated/α-hetero) is 2. The van der Waals surface area contributed by atoms with Crippen molar-refractivity contribution in [2.24, 2.45) is 11.8 Å². The van der Waals surface area contributed by atoms with Gasteiger partial charge >= 0.3 is 0 Å². The molecule has 0 fully saturated rings. The fraction of sp³-hybridized carbons (Fsp3) is 0.571. The van der Waals surface area contributed by atoms with Gasteiger partial charge in [-0.2, -0.15) is 0 Å².